The van der Waals surface area contributed by atoms with E-state index in [0.717, 1.165) is 23.3 Å². The van der Waals surface area contributed by atoms with Crippen LogP contribution in [0.2, 0.25) is 0 Å². The lowest BCUT2D eigenvalue weighted by atomic mass is 10.1. The van der Waals surface area contributed by atoms with E-state index in [9.17, 15) is 22.8 Å². The number of thiophene rings is 1. The summed E-state index contributed by atoms with van der Waals surface area (Å²) in [5, 5.41) is 2.97. The highest BCUT2D eigenvalue weighted by Crippen LogP contribution is 2.34. The van der Waals surface area contributed by atoms with Crippen molar-refractivity contribution in [2.45, 2.75) is 51.0 Å². The molecule has 0 atom stereocenters. The number of hydrogen-bond donors (Lipinski definition) is 2. The van der Waals surface area contributed by atoms with Crippen molar-refractivity contribution in [3.05, 3.63) is 45.8 Å². The number of hydrogen-bond acceptors (Lipinski definition) is 8. The molecule has 0 saturated heterocycles. The summed E-state index contributed by atoms with van der Waals surface area (Å²) in [7, 11) is -3.62. The van der Waals surface area contributed by atoms with E-state index in [2.05, 4.69) is 10.0 Å². The Hall–Kier alpha value is -2.76. The van der Waals surface area contributed by atoms with E-state index in [1.165, 1.54) is 35.6 Å². The van der Waals surface area contributed by atoms with Crippen LogP contribution in [0.15, 0.2) is 29.2 Å². The Labute approximate surface area is 196 Å². The van der Waals surface area contributed by atoms with Gasteiger partial charge in [0.1, 0.15) is 5.00 Å². The zero-order valence-corrected chi connectivity index (χ0v) is 20.2. The molecule has 33 heavy (non-hydrogen) atoms. The first kappa shape index (κ1) is 24.9. The van der Waals surface area contributed by atoms with Crippen LogP contribution in [0.4, 0.5) is 5.00 Å². The average Bonchev–Trinajstić information content (AvgIpc) is 3.52. The molecule has 3 rings (SSSR count). The Morgan fingerprint density at radius 1 is 1.06 bits per heavy atom. The van der Waals surface area contributed by atoms with Crippen molar-refractivity contribution < 1.29 is 32.3 Å². The number of aryl methyl sites for hydroxylation is 1. The van der Waals surface area contributed by atoms with Crippen molar-refractivity contribution in [1.82, 2.24) is 4.72 Å². The number of nitrogens with one attached hydrogen (secondary N) is 2. The molecule has 1 aromatic carbocycles. The number of benzene rings is 1. The summed E-state index contributed by atoms with van der Waals surface area (Å²) < 4.78 is 37.1. The van der Waals surface area contributed by atoms with Gasteiger partial charge in [-0.25, -0.2) is 22.7 Å². The van der Waals surface area contributed by atoms with Crippen LogP contribution in [0, 0.1) is 6.92 Å². The summed E-state index contributed by atoms with van der Waals surface area (Å²) in [6.07, 6.45) is 2.23. The minimum Gasteiger partial charge on any atom is -0.462 e. The minimum absolute atomic E-state index is 0.0250. The fourth-order valence-electron chi connectivity index (χ4n) is 3.15. The van der Waals surface area contributed by atoms with E-state index in [-0.39, 0.29) is 23.1 Å². The highest BCUT2D eigenvalue weighted by molar-refractivity contribution is 7.89. The number of carbonyl (C=O) groups is 3. The van der Waals surface area contributed by atoms with Gasteiger partial charge in [0, 0.05) is 10.9 Å². The van der Waals surface area contributed by atoms with Crippen molar-refractivity contribution in [2.75, 3.05) is 18.5 Å². The van der Waals surface area contributed by atoms with Crippen molar-refractivity contribution in [2.24, 2.45) is 0 Å². The molecule has 1 amide bonds. The summed E-state index contributed by atoms with van der Waals surface area (Å²) in [4.78, 5) is 37.9. The lowest BCUT2D eigenvalue weighted by Gasteiger charge is -2.09. The van der Waals surface area contributed by atoms with Crippen molar-refractivity contribution in [1.29, 1.82) is 0 Å². The van der Waals surface area contributed by atoms with E-state index in [1.54, 1.807) is 6.92 Å². The number of sulfonamides is 1. The van der Waals surface area contributed by atoms with E-state index in [1.807, 2.05) is 13.8 Å². The molecule has 1 aliphatic rings. The molecule has 0 bridgehead atoms. The molecule has 1 heterocycles. The SMILES string of the molecule is CCOC(=O)c1c(NC(=O)COC(=O)c2ccc(S(=O)(=O)NC3CC3)cc2)sc(C)c1CC. The Balaban J connectivity index is 1.61. The zero-order chi connectivity index (χ0) is 24.2. The number of ether oxygens (including phenoxy) is 2. The smallest absolute Gasteiger partial charge is 0.341 e. The number of rotatable bonds is 10. The lowest BCUT2D eigenvalue weighted by Crippen LogP contribution is -2.25. The summed E-state index contributed by atoms with van der Waals surface area (Å²) in [6, 6.07) is 5.26. The van der Waals surface area contributed by atoms with Crippen LogP contribution < -0.4 is 10.0 Å². The van der Waals surface area contributed by atoms with Gasteiger partial charge in [0.15, 0.2) is 6.61 Å². The molecular formula is C22H26N2O7S2. The minimum atomic E-state index is -3.62. The standard InChI is InChI=1S/C22H26N2O7S2/c1-4-17-13(3)32-20(19(17)22(27)30-5-2)23-18(25)12-31-21(26)14-6-10-16(11-7-14)33(28,29)24-15-8-9-15/h6-7,10-11,15,24H,4-5,8-9,12H2,1-3H3,(H,23,25). The maximum absolute atomic E-state index is 12.4. The molecule has 9 nitrogen and oxygen atoms in total. The van der Waals surface area contributed by atoms with Crippen LogP contribution in [-0.2, 0) is 30.7 Å². The third-order valence-electron chi connectivity index (χ3n) is 4.93. The predicted molar refractivity (Wildman–Crippen MR) is 123 cm³/mol. The normalized spacial score (nSPS) is 13.4. The molecule has 178 valence electrons. The third-order valence-corrected chi connectivity index (χ3v) is 7.53. The summed E-state index contributed by atoms with van der Waals surface area (Å²) in [5.41, 5.74) is 1.23. The molecule has 1 saturated carbocycles. The number of esters is 2. The van der Waals surface area contributed by atoms with Crippen LogP contribution >= 0.6 is 11.3 Å². The first-order valence-electron chi connectivity index (χ1n) is 10.5. The van der Waals surface area contributed by atoms with Crippen molar-refractivity contribution in [3.8, 4) is 0 Å². The predicted octanol–water partition coefficient (Wildman–Crippen LogP) is 3.03. The maximum atomic E-state index is 12.4. The van der Waals surface area contributed by atoms with Gasteiger partial charge >= 0.3 is 11.9 Å². The average molecular weight is 495 g/mol. The molecule has 1 aliphatic carbocycles. The van der Waals surface area contributed by atoms with Crippen LogP contribution in [0.3, 0.4) is 0 Å². The van der Waals surface area contributed by atoms with Gasteiger partial charge in [-0.1, -0.05) is 6.92 Å². The summed E-state index contributed by atoms with van der Waals surface area (Å²) in [5.74, 6) is -1.89. The monoisotopic (exact) mass is 494 g/mol. The molecule has 11 heteroatoms. The first-order valence-corrected chi connectivity index (χ1v) is 12.8. The number of carbonyl (C=O) groups excluding carboxylic acids is 3. The van der Waals surface area contributed by atoms with E-state index in [0.29, 0.717) is 17.0 Å². The Morgan fingerprint density at radius 3 is 2.30 bits per heavy atom. The van der Waals surface area contributed by atoms with Gasteiger partial charge in [0.25, 0.3) is 5.91 Å². The summed E-state index contributed by atoms with van der Waals surface area (Å²) in [6.45, 7) is 5.10. The Bertz CT molecular complexity index is 1150. The van der Waals surface area contributed by atoms with Crippen LogP contribution in [0.1, 0.15) is 57.8 Å². The maximum Gasteiger partial charge on any atom is 0.341 e. The largest absolute Gasteiger partial charge is 0.462 e. The van der Waals surface area contributed by atoms with Crippen LogP contribution in [0.25, 0.3) is 0 Å². The molecule has 2 N–H and O–H groups in total. The first-order chi connectivity index (χ1) is 15.7. The van der Waals surface area contributed by atoms with Crippen LogP contribution in [0.5, 0.6) is 0 Å². The van der Waals surface area contributed by atoms with Crippen molar-refractivity contribution in [3.63, 3.8) is 0 Å². The second kappa shape index (κ2) is 10.4. The van der Waals surface area contributed by atoms with Gasteiger partial charge < -0.3 is 14.8 Å². The number of anilines is 1. The molecular weight excluding hydrogens is 468 g/mol. The highest BCUT2D eigenvalue weighted by Gasteiger charge is 2.28. The van der Waals surface area contributed by atoms with Gasteiger partial charge in [0.05, 0.1) is 22.6 Å². The molecule has 0 unspecified atom stereocenters. The van der Waals surface area contributed by atoms with Crippen molar-refractivity contribution >= 4 is 44.2 Å². The molecule has 0 aliphatic heterocycles. The molecule has 0 radical (unpaired) electrons. The Kier molecular flexibility index (Phi) is 7.88. The second-order valence-electron chi connectivity index (χ2n) is 7.46. The topological polar surface area (TPSA) is 128 Å². The Morgan fingerprint density at radius 2 is 1.73 bits per heavy atom. The number of amides is 1. The quantitative estimate of drug-likeness (QED) is 0.486. The molecule has 1 aromatic heterocycles. The van der Waals surface area contributed by atoms with E-state index >= 15 is 0 Å². The fourth-order valence-corrected chi connectivity index (χ4v) is 5.60. The zero-order valence-electron chi connectivity index (χ0n) is 18.6. The van der Waals surface area contributed by atoms with Gasteiger partial charge in [-0.05, 0) is 62.9 Å². The molecule has 0 spiro atoms. The van der Waals surface area contributed by atoms with Gasteiger partial charge in [0.2, 0.25) is 10.0 Å². The van der Waals surface area contributed by atoms with Gasteiger partial charge in [-0.15, -0.1) is 11.3 Å². The fraction of sp³-hybridized carbons (Fsp3) is 0.409. The van der Waals surface area contributed by atoms with E-state index in [4.69, 9.17) is 9.47 Å². The lowest BCUT2D eigenvalue weighted by molar-refractivity contribution is -0.119. The third kappa shape index (κ3) is 6.18. The highest BCUT2D eigenvalue weighted by atomic mass is 32.2. The van der Waals surface area contributed by atoms with E-state index < -0.39 is 34.5 Å². The summed E-state index contributed by atoms with van der Waals surface area (Å²) >= 11 is 1.26. The molecule has 2 aromatic rings. The van der Waals surface area contributed by atoms with Gasteiger partial charge in [-0.2, -0.15) is 0 Å². The second-order valence-corrected chi connectivity index (χ2v) is 10.4. The van der Waals surface area contributed by atoms with Crippen LogP contribution in [-0.4, -0.2) is 45.5 Å². The molecule has 1 fully saturated rings. The van der Waals surface area contributed by atoms with Gasteiger partial charge in [-0.3, -0.25) is 4.79 Å².